The van der Waals surface area contributed by atoms with E-state index in [9.17, 15) is 22.8 Å². The topological polar surface area (TPSA) is 68.3 Å². The standard InChI is InChI=1S/C21H23F3N2O3/c1-13-8-18(10-19(25-13)9-14(2)27)15(3)26-20(28)17-6-4-16(5-7-17)11-29-12-21(22,23)24/h4-8,10,15H,9,11-12H2,1-3H3,(H,26,28). The Labute approximate surface area is 167 Å². The van der Waals surface area contributed by atoms with E-state index in [1.54, 1.807) is 18.2 Å². The van der Waals surface area contributed by atoms with Gasteiger partial charge in [-0.25, -0.2) is 0 Å². The number of pyridine rings is 1. The highest BCUT2D eigenvalue weighted by Gasteiger charge is 2.27. The SMILES string of the molecule is CC(=O)Cc1cc(C(C)NC(=O)c2ccc(COCC(F)(F)F)cc2)cc(C)n1. The van der Waals surface area contributed by atoms with Crippen molar-refractivity contribution >= 4 is 11.7 Å². The molecule has 1 amide bonds. The van der Waals surface area contributed by atoms with Gasteiger partial charge >= 0.3 is 6.18 Å². The van der Waals surface area contributed by atoms with Crippen molar-refractivity contribution in [3.8, 4) is 0 Å². The predicted octanol–water partition coefficient (Wildman–Crippen LogP) is 4.09. The minimum Gasteiger partial charge on any atom is -0.367 e. The van der Waals surface area contributed by atoms with Crippen molar-refractivity contribution in [3.63, 3.8) is 0 Å². The van der Waals surface area contributed by atoms with Gasteiger partial charge in [0.2, 0.25) is 0 Å². The molecule has 1 atom stereocenters. The zero-order valence-corrected chi connectivity index (χ0v) is 16.5. The van der Waals surface area contributed by atoms with Gasteiger partial charge in [0.15, 0.2) is 0 Å². The fourth-order valence-electron chi connectivity index (χ4n) is 2.76. The first kappa shape index (κ1) is 22.5. The van der Waals surface area contributed by atoms with Gasteiger partial charge in [-0.2, -0.15) is 13.2 Å². The number of nitrogens with one attached hydrogen (secondary N) is 1. The Morgan fingerprint density at radius 3 is 2.41 bits per heavy atom. The largest absolute Gasteiger partial charge is 0.411 e. The molecule has 2 aromatic rings. The number of hydrogen-bond donors (Lipinski definition) is 1. The van der Waals surface area contributed by atoms with Crippen LogP contribution in [0.2, 0.25) is 0 Å². The van der Waals surface area contributed by atoms with Crippen LogP contribution in [-0.4, -0.2) is 29.5 Å². The van der Waals surface area contributed by atoms with Crippen LogP contribution in [0.25, 0.3) is 0 Å². The van der Waals surface area contributed by atoms with Crippen LogP contribution in [0.5, 0.6) is 0 Å². The van der Waals surface area contributed by atoms with Gasteiger partial charge in [-0.15, -0.1) is 0 Å². The third kappa shape index (κ3) is 7.65. The number of nitrogens with zero attached hydrogens (tertiary/aromatic N) is 1. The van der Waals surface area contributed by atoms with E-state index in [1.807, 2.05) is 19.9 Å². The Morgan fingerprint density at radius 2 is 1.83 bits per heavy atom. The van der Waals surface area contributed by atoms with Gasteiger partial charge in [0, 0.05) is 23.4 Å². The second kappa shape index (κ2) is 9.65. The highest BCUT2D eigenvalue weighted by molar-refractivity contribution is 5.94. The molecule has 0 aliphatic carbocycles. The van der Waals surface area contributed by atoms with Crippen molar-refractivity contribution in [3.05, 3.63) is 64.5 Å². The summed E-state index contributed by atoms with van der Waals surface area (Å²) in [6.07, 6.45) is -4.14. The van der Waals surface area contributed by atoms with Crippen molar-refractivity contribution in [2.45, 2.75) is 46.0 Å². The van der Waals surface area contributed by atoms with Crippen LogP contribution < -0.4 is 5.32 Å². The van der Waals surface area contributed by atoms with Gasteiger partial charge in [-0.1, -0.05) is 12.1 Å². The average molecular weight is 408 g/mol. The smallest absolute Gasteiger partial charge is 0.367 e. The third-order valence-corrected chi connectivity index (χ3v) is 4.06. The van der Waals surface area contributed by atoms with E-state index in [0.717, 1.165) is 11.3 Å². The summed E-state index contributed by atoms with van der Waals surface area (Å²) in [5.74, 6) is -0.312. The Balaban J connectivity index is 1.99. The molecular weight excluding hydrogens is 385 g/mol. The molecule has 156 valence electrons. The van der Waals surface area contributed by atoms with Gasteiger partial charge in [0.25, 0.3) is 5.91 Å². The Bertz CT molecular complexity index is 864. The highest BCUT2D eigenvalue weighted by Crippen LogP contribution is 2.18. The Kier molecular flexibility index (Phi) is 7.50. The first-order valence-corrected chi connectivity index (χ1v) is 9.04. The summed E-state index contributed by atoms with van der Waals surface area (Å²) >= 11 is 0. The molecule has 5 nitrogen and oxygen atoms in total. The summed E-state index contributed by atoms with van der Waals surface area (Å²) in [7, 11) is 0. The van der Waals surface area contributed by atoms with Crippen molar-refractivity contribution in [2.75, 3.05) is 6.61 Å². The van der Waals surface area contributed by atoms with Gasteiger partial charge < -0.3 is 10.1 Å². The molecule has 1 heterocycles. The van der Waals surface area contributed by atoms with E-state index in [2.05, 4.69) is 15.0 Å². The lowest BCUT2D eigenvalue weighted by molar-refractivity contribution is -0.176. The van der Waals surface area contributed by atoms with Crippen LogP contribution in [0, 0.1) is 6.92 Å². The second-order valence-electron chi connectivity index (χ2n) is 6.91. The molecule has 29 heavy (non-hydrogen) atoms. The number of ketones is 1. The number of carbonyl (C=O) groups excluding carboxylic acids is 2. The fourth-order valence-corrected chi connectivity index (χ4v) is 2.76. The van der Waals surface area contributed by atoms with E-state index >= 15 is 0 Å². The number of Topliss-reactive ketones (excluding diaryl/α,β-unsaturated/α-hetero) is 1. The van der Waals surface area contributed by atoms with E-state index < -0.39 is 12.8 Å². The molecule has 1 aromatic carbocycles. The quantitative estimate of drug-likeness (QED) is 0.714. The Hall–Kier alpha value is -2.74. The summed E-state index contributed by atoms with van der Waals surface area (Å²) in [5.41, 5.74) is 3.16. The van der Waals surface area contributed by atoms with Crippen LogP contribution in [0.3, 0.4) is 0 Å². The molecule has 0 spiro atoms. The number of hydrogen-bond acceptors (Lipinski definition) is 4. The normalized spacial score (nSPS) is 12.5. The number of carbonyl (C=O) groups is 2. The second-order valence-corrected chi connectivity index (χ2v) is 6.91. The molecule has 0 fully saturated rings. The van der Waals surface area contributed by atoms with Gasteiger partial charge in [0.05, 0.1) is 12.6 Å². The van der Waals surface area contributed by atoms with Gasteiger partial charge in [-0.05, 0) is 56.2 Å². The van der Waals surface area contributed by atoms with Gasteiger partial charge in [-0.3, -0.25) is 14.6 Å². The van der Waals surface area contributed by atoms with Crippen LogP contribution in [0.4, 0.5) is 13.2 Å². The lowest BCUT2D eigenvalue weighted by Crippen LogP contribution is -2.27. The van der Waals surface area contributed by atoms with Crippen molar-refractivity contribution in [1.82, 2.24) is 10.3 Å². The third-order valence-electron chi connectivity index (χ3n) is 4.06. The molecular formula is C21H23F3N2O3. The van der Waals surface area contributed by atoms with E-state index in [4.69, 9.17) is 0 Å². The number of amides is 1. The molecule has 1 N–H and O–H groups in total. The molecule has 1 aromatic heterocycles. The highest BCUT2D eigenvalue weighted by atomic mass is 19.4. The average Bonchev–Trinajstić information content (AvgIpc) is 2.60. The number of ether oxygens (including phenoxy) is 1. The Morgan fingerprint density at radius 1 is 1.17 bits per heavy atom. The summed E-state index contributed by atoms with van der Waals surface area (Å²) in [6.45, 7) is 3.63. The summed E-state index contributed by atoms with van der Waals surface area (Å²) in [4.78, 5) is 28.1. The maximum absolute atomic E-state index is 12.5. The molecule has 0 bridgehead atoms. The maximum Gasteiger partial charge on any atom is 0.411 e. The molecule has 0 aliphatic heterocycles. The molecule has 0 radical (unpaired) electrons. The zero-order valence-electron chi connectivity index (χ0n) is 16.5. The first-order valence-electron chi connectivity index (χ1n) is 9.04. The van der Waals surface area contributed by atoms with Gasteiger partial charge in [0.1, 0.15) is 12.4 Å². The number of benzene rings is 1. The zero-order chi connectivity index (χ0) is 21.6. The van der Waals surface area contributed by atoms with Crippen LogP contribution >= 0.6 is 0 Å². The molecule has 0 saturated heterocycles. The first-order chi connectivity index (χ1) is 13.5. The van der Waals surface area contributed by atoms with Crippen LogP contribution in [-0.2, 0) is 22.6 Å². The lowest BCUT2D eigenvalue weighted by Gasteiger charge is -2.16. The molecule has 2 rings (SSSR count). The molecule has 1 unspecified atom stereocenters. The minimum absolute atomic E-state index is 0.00467. The fraction of sp³-hybridized carbons (Fsp3) is 0.381. The van der Waals surface area contributed by atoms with Crippen molar-refractivity contribution < 1.29 is 27.5 Å². The van der Waals surface area contributed by atoms with E-state index in [0.29, 0.717) is 16.8 Å². The van der Waals surface area contributed by atoms with E-state index in [-0.39, 0.29) is 30.8 Å². The minimum atomic E-state index is -4.37. The van der Waals surface area contributed by atoms with E-state index in [1.165, 1.54) is 19.1 Å². The molecule has 0 aliphatic rings. The van der Waals surface area contributed by atoms with Crippen molar-refractivity contribution in [2.24, 2.45) is 0 Å². The number of halogens is 3. The van der Waals surface area contributed by atoms with Crippen molar-refractivity contribution in [1.29, 1.82) is 0 Å². The summed E-state index contributed by atoms with van der Waals surface area (Å²) in [5, 5.41) is 2.87. The number of aromatic nitrogens is 1. The maximum atomic E-state index is 12.5. The van der Waals surface area contributed by atoms with Crippen LogP contribution in [0.15, 0.2) is 36.4 Å². The predicted molar refractivity (Wildman–Crippen MR) is 101 cm³/mol. The lowest BCUT2D eigenvalue weighted by atomic mass is 10.0. The molecule has 0 saturated carbocycles. The molecule has 8 heteroatoms. The number of alkyl halides is 3. The monoisotopic (exact) mass is 408 g/mol. The van der Waals surface area contributed by atoms with Crippen LogP contribution in [0.1, 0.15) is 52.8 Å². The number of aryl methyl sites for hydroxylation is 1. The summed E-state index contributed by atoms with van der Waals surface area (Å²) in [6, 6.07) is 9.50. The summed E-state index contributed by atoms with van der Waals surface area (Å²) < 4.78 is 40.9. The number of rotatable bonds is 8.